The van der Waals surface area contributed by atoms with E-state index in [1.165, 1.54) is 0 Å². The molecule has 1 aliphatic carbocycles. The second-order valence-corrected chi connectivity index (χ2v) is 9.34. The lowest BCUT2D eigenvalue weighted by molar-refractivity contribution is -0.161. The van der Waals surface area contributed by atoms with Gasteiger partial charge in [-0.1, -0.05) is 0 Å². The summed E-state index contributed by atoms with van der Waals surface area (Å²) in [5.41, 5.74) is -1.65. The number of carbonyl (C=O) groups is 2. The Bertz CT molecular complexity index is 612. The van der Waals surface area contributed by atoms with Crippen LogP contribution in [0, 0.1) is 5.92 Å². The third kappa shape index (κ3) is 2.17. The largest absolute Gasteiger partial charge is 0.340 e. The number of hydrogen-bond acceptors (Lipinski definition) is 4. The Hall–Kier alpha value is -1.11. The highest BCUT2D eigenvalue weighted by atomic mass is 32.2. The molecule has 7 heteroatoms. The van der Waals surface area contributed by atoms with Gasteiger partial charge in [-0.15, -0.1) is 0 Å². The summed E-state index contributed by atoms with van der Waals surface area (Å²) < 4.78 is 23.7. The molecule has 3 fully saturated rings. The zero-order valence-corrected chi connectivity index (χ0v) is 13.5. The monoisotopic (exact) mass is 314 g/mol. The molecule has 0 radical (unpaired) electrons. The molecule has 2 amide bonds. The molecule has 2 saturated heterocycles. The molecule has 1 saturated carbocycles. The van der Waals surface area contributed by atoms with Crippen molar-refractivity contribution in [1.82, 2.24) is 10.2 Å². The Kier molecular flexibility index (Phi) is 2.97. The van der Waals surface area contributed by atoms with Crippen LogP contribution < -0.4 is 5.32 Å². The van der Waals surface area contributed by atoms with E-state index in [4.69, 9.17) is 0 Å². The van der Waals surface area contributed by atoms with Gasteiger partial charge in [0.2, 0.25) is 11.8 Å². The van der Waals surface area contributed by atoms with Crippen LogP contribution in [0.15, 0.2) is 0 Å². The lowest BCUT2D eigenvalue weighted by Gasteiger charge is -2.50. The summed E-state index contributed by atoms with van der Waals surface area (Å²) in [4.78, 5) is 26.9. The Morgan fingerprint density at radius 2 is 1.86 bits per heavy atom. The summed E-state index contributed by atoms with van der Waals surface area (Å²) in [5.74, 6) is -0.108. The van der Waals surface area contributed by atoms with Gasteiger partial charge in [0.1, 0.15) is 11.6 Å². The van der Waals surface area contributed by atoms with Crippen LogP contribution in [0.1, 0.15) is 40.0 Å². The summed E-state index contributed by atoms with van der Waals surface area (Å²) in [5, 5.41) is 2.87. The summed E-state index contributed by atoms with van der Waals surface area (Å²) in [6, 6.07) is -0.623. The Morgan fingerprint density at radius 3 is 2.33 bits per heavy atom. The fraction of sp³-hybridized carbons (Fsp3) is 0.857. The average molecular weight is 314 g/mol. The van der Waals surface area contributed by atoms with E-state index in [1.807, 2.05) is 0 Å². The molecule has 1 N–H and O–H groups in total. The fourth-order valence-electron chi connectivity index (χ4n) is 3.79. The molecule has 6 nitrogen and oxygen atoms in total. The van der Waals surface area contributed by atoms with Crippen LogP contribution in [-0.4, -0.2) is 53.8 Å². The molecule has 21 heavy (non-hydrogen) atoms. The molecule has 2 aliphatic heterocycles. The average Bonchev–Trinajstić information content (AvgIpc) is 3.15. The topological polar surface area (TPSA) is 83.6 Å². The van der Waals surface area contributed by atoms with Gasteiger partial charge >= 0.3 is 0 Å². The number of carbonyl (C=O) groups excluding carboxylic acids is 2. The van der Waals surface area contributed by atoms with Gasteiger partial charge in [-0.05, 0) is 46.0 Å². The van der Waals surface area contributed by atoms with Crippen LogP contribution in [0.4, 0.5) is 0 Å². The molecule has 3 atom stereocenters. The maximum Gasteiger partial charge on any atom is 0.249 e. The maximum atomic E-state index is 13.0. The summed E-state index contributed by atoms with van der Waals surface area (Å²) in [7, 11) is -3.14. The first-order valence-corrected chi connectivity index (χ1v) is 9.27. The lowest BCUT2D eigenvalue weighted by atomic mass is 9.85. The SMILES string of the molecule is CC1C(=O)NC(C)(C2CC2)C(=O)N1C1(C)CCS(=O)(=O)C1. The number of hydrogen-bond donors (Lipinski definition) is 1. The molecular formula is C14H22N2O4S. The van der Waals surface area contributed by atoms with Gasteiger partial charge in [0.15, 0.2) is 9.84 Å². The highest BCUT2D eigenvalue weighted by molar-refractivity contribution is 7.91. The van der Waals surface area contributed by atoms with Gasteiger partial charge in [0.05, 0.1) is 17.0 Å². The van der Waals surface area contributed by atoms with E-state index in [2.05, 4.69) is 5.32 Å². The van der Waals surface area contributed by atoms with Crippen molar-refractivity contribution in [3.63, 3.8) is 0 Å². The van der Waals surface area contributed by atoms with Crippen molar-refractivity contribution in [2.45, 2.75) is 57.2 Å². The van der Waals surface area contributed by atoms with Gasteiger partial charge in [-0.3, -0.25) is 9.59 Å². The smallest absolute Gasteiger partial charge is 0.249 e. The maximum absolute atomic E-state index is 13.0. The summed E-state index contributed by atoms with van der Waals surface area (Å²) >= 11 is 0. The number of piperazine rings is 1. The molecule has 3 rings (SSSR count). The predicted molar refractivity (Wildman–Crippen MR) is 77.3 cm³/mol. The van der Waals surface area contributed by atoms with E-state index in [-0.39, 0.29) is 29.2 Å². The second kappa shape index (κ2) is 4.21. The Labute approximate surface area is 125 Å². The van der Waals surface area contributed by atoms with Crippen molar-refractivity contribution in [3.05, 3.63) is 0 Å². The van der Waals surface area contributed by atoms with Crippen molar-refractivity contribution in [1.29, 1.82) is 0 Å². The lowest BCUT2D eigenvalue weighted by Crippen LogP contribution is -2.73. The van der Waals surface area contributed by atoms with Crippen LogP contribution in [0.2, 0.25) is 0 Å². The van der Waals surface area contributed by atoms with E-state index in [0.29, 0.717) is 6.42 Å². The molecule has 0 aromatic rings. The van der Waals surface area contributed by atoms with E-state index in [9.17, 15) is 18.0 Å². The minimum atomic E-state index is -3.14. The summed E-state index contributed by atoms with van der Waals surface area (Å²) in [6.07, 6.45) is 2.26. The fourth-order valence-corrected chi connectivity index (χ4v) is 5.92. The first-order chi connectivity index (χ1) is 9.59. The van der Waals surface area contributed by atoms with Crippen LogP contribution >= 0.6 is 0 Å². The van der Waals surface area contributed by atoms with Crippen LogP contribution in [-0.2, 0) is 19.4 Å². The molecule has 0 aromatic heterocycles. The van der Waals surface area contributed by atoms with E-state index in [0.717, 1.165) is 12.8 Å². The van der Waals surface area contributed by atoms with E-state index < -0.39 is 27.0 Å². The highest BCUT2D eigenvalue weighted by Gasteiger charge is 2.59. The molecule has 118 valence electrons. The predicted octanol–water partition coefficient (Wildman–Crippen LogP) is 0.0792. The van der Waals surface area contributed by atoms with Crippen LogP contribution in [0.25, 0.3) is 0 Å². The van der Waals surface area contributed by atoms with E-state index in [1.54, 1.807) is 25.7 Å². The molecule has 0 bridgehead atoms. The standard InChI is InChI=1S/C14H22N2O4S/c1-9-11(17)15-14(3,10-4-5-10)12(18)16(9)13(2)6-7-21(19,20)8-13/h9-10H,4-8H2,1-3H3,(H,15,17). The van der Waals surface area contributed by atoms with Crippen molar-refractivity contribution < 1.29 is 18.0 Å². The first-order valence-electron chi connectivity index (χ1n) is 7.45. The van der Waals surface area contributed by atoms with Crippen molar-refractivity contribution in [2.75, 3.05) is 11.5 Å². The number of nitrogens with one attached hydrogen (secondary N) is 1. The molecule has 3 unspecified atom stereocenters. The Morgan fingerprint density at radius 1 is 1.24 bits per heavy atom. The minimum absolute atomic E-state index is 0.0515. The summed E-state index contributed by atoms with van der Waals surface area (Å²) in [6.45, 7) is 5.24. The third-order valence-electron chi connectivity index (χ3n) is 5.27. The van der Waals surface area contributed by atoms with E-state index >= 15 is 0 Å². The van der Waals surface area contributed by atoms with Crippen molar-refractivity contribution in [2.24, 2.45) is 5.92 Å². The van der Waals surface area contributed by atoms with Crippen molar-refractivity contribution >= 4 is 21.7 Å². The van der Waals surface area contributed by atoms with Crippen LogP contribution in [0.5, 0.6) is 0 Å². The molecule has 3 aliphatic rings. The molecule has 0 aromatic carbocycles. The van der Waals surface area contributed by atoms with Gasteiger partial charge in [-0.2, -0.15) is 0 Å². The van der Waals surface area contributed by atoms with Gasteiger partial charge in [0.25, 0.3) is 0 Å². The normalized spacial score (nSPS) is 43.0. The van der Waals surface area contributed by atoms with Crippen LogP contribution in [0.3, 0.4) is 0 Å². The zero-order chi connectivity index (χ0) is 15.6. The first kappa shape index (κ1) is 14.8. The number of rotatable bonds is 2. The Balaban J connectivity index is 1.99. The third-order valence-corrected chi connectivity index (χ3v) is 7.16. The number of sulfone groups is 1. The quantitative estimate of drug-likeness (QED) is 0.782. The van der Waals surface area contributed by atoms with Gasteiger partial charge < -0.3 is 10.2 Å². The van der Waals surface area contributed by atoms with Gasteiger partial charge in [0, 0.05) is 0 Å². The second-order valence-electron chi connectivity index (χ2n) is 7.16. The van der Waals surface area contributed by atoms with Crippen molar-refractivity contribution in [3.8, 4) is 0 Å². The number of amides is 2. The molecule has 0 spiro atoms. The zero-order valence-electron chi connectivity index (χ0n) is 12.7. The minimum Gasteiger partial charge on any atom is -0.340 e. The molecule has 2 heterocycles. The number of nitrogens with zero attached hydrogens (tertiary/aromatic N) is 1. The molecular weight excluding hydrogens is 292 g/mol. The van der Waals surface area contributed by atoms with Gasteiger partial charge in [-0.25, -0.2) is 8.42 Å². The highest BCUT2D eigenvalue weighted by Crippen LogP contribution is 2.44.